The molecule has 6 heteroatoms. The van der Waals surface area contributed by atoms with Gasteiger partial charge >= 0.3 is 0 Å². The molecule has 2 rings (SSSR count). The lowest BCUT2D eigenvalue weighted by Gasteiger charge is -2.07. The summed E-state index contributed by atoms with van der Waals surface area (Å²) in [5, 5.41) is 11.9. The highest BCUT2D eigenvalue weighted by Crippen LogP contribution is 2.18. The van der Waals surface area contributed by atoms with Gasteiger partial charge in [0.25, 0.3) is 0 Å². The molecule has 0 aliphatic rings. The maximum absolute atomic E-state index is 13.9. The van der Waals surface area contributed by atoms with Gasteiger partial charge in [0.05, 0.1) is 5.04 Å². The van der Waals surface area contributed by atoms with Gasteiger partial charge in [0.1, 0.15) is 23.7 Å². The molecule has 0 fully saturated rings. The first-order valence-electron chi connectivity index (χ1n) is 4.93. The van der Waals surface area contributed by atoms with Gasteiger partial charge in [0, 0.05) is 5.56 Å². The molecule has 1 aromatic heterocycles. The van der Waals surface area contributed by atoms with E-state index < -0.39 is 5.82 Å². The van der Waals surface area contributed by atoms with Crippen LogP contribution in [0, 0.1) is 18.2 Å². The van der Waals surface area contributed by atoms with E-state index in [0.29, 0.717) is 22.1 Å². The standard InChI is InChI=1S/C11H11FN4S/c1-7-14-6-15-16(7)10-4-3-8(5-9(10)12)11(13)17-2/h3-6,13H,1-2H3. The van der Waals surface area contributed by atoms with Gasteiger partial charge in [-0.3, -0.25) is 5.41 Å². The Hall–Kier alpha value is -1.69. The first-order chi connectivity index (χ1) is 8.13. The maximum atomic E-state index is 13.9. The van der Waals surface area contributed by atoms with Crippen molar-refractivity contribution in [2.24, 2.45) is 0 Å². The number of nitrogens with one attached hydrogen (secondary N) is 1. The number of aromatic nitrogens is 3. The molecule has 0 amide bonds. The average Bonchev–Trinajstić information content (AvgIpc) is 2.74. The van der Waals surface area contributed by atoms with Crippen LogP contribution in [0.25, 0.3) is 5.69 Å². The van der Waals surface area contributed by atoms with Crippen LogP contribution in [0.15, 0.2) is 24.5 Å². The van der Waals surface area contributed by atoms with Crippen molar-refractivity contribution in [1.29, 1.82) is 5.41 Å². The summed E-state index contributed by atoms with van der Waals surface area (Å²) in [5.74, 6) is 0.214. The van der Waals surface area contributed by atoms with Crippen molar-refractivity contribution in [3.05, 3.63) is 41.7 Å². The zero-order valence-corrected chi connectivity index (χ0v) is 10.3. The van der Waals surface area contributed by atoms with E-state index in [9.17, 15) is 4.39 Å². The average molecular weight is 250 g/mol. The van der Waals surface area contributed by atoms with Gasteiger partial charge < -0.3 is 0 Å². The number of hydrogen-bond donors (Lipinski definition) is 1. The molecule has 17 heavy (non-hydrogen) atoms. The van der Waals surface area contributed by atoms with Crippen LogP contribution in [-0.2, 0) is 0 Å². The van der Waals surface area contributed by atoms with E-state index in [-0.39, 0.29) is 0 Å². The Balaban J connectivity index is 2.46. The van der Waals surface area contributed by atoms with Gasteiger partial charge in [-0.25, -0.2) is 14.1 Å². The minimum atomic E-state index is -0.408. The van der Waals surface area contributed by atoms with Crippen LogP contribution in [0.3, 0.4) is 0 Å². The predicted molar refractivity (Wildman–Crippen MR) is 66.4 cm³/mol. The fourth-order valence-corrected chi connectivity index (χ4v) is 1.84. The van der Waals surface area contributed by atoms with Crippen LogP contribution in [0.5, 0.6) is 0 Å². The van der Waals surface area contributed by atoms with Gasteiger partial charge in [0.15, 0.2) is 0 Å². The summed E-state index contributed by atoms with van der Waals surface area (Å²) >= 11 is 1.27. The normalized spacial score (nSPS) is 10.5. The first-order valence-corrected chi connectivity index (χ1v) is 6.15. The Morgan fingerprint density at radius 1 is 1.47 bits per heavy atom. The highest BCUT2D eigenvalue weighted by Gasteiger charge is 2.10. The van der Waals surface area contributed by atoms with Crippen molar-refractivity contribution in [1.82, 2.24) is 14.8 Å². The van der Waals surface area contributed by atoms with E-state index in [1.807, 2.05) is 0 Å². The molecule has 1 heterocycles. The summed E-state index contributed by atoms with van der Waals surface area (Å²) in [5.41, 5.74) is 0.911. The van der Waals surface area contributed by atoms with Gasteiger partial charge in [0.2, 0.25) is 0 Å². The summed E-state index contributed by atoms with van der Waals surface area (Å²) in [4.78, 5) is 3.95. The van der Waals surface area contributed by atoms with Gasteiger partial charge in [-0.2, -0.15) is 5.10 Å². The monoisotopic (exact) mass is 250 g/mol. The molecule has 1 aromatic carbocycles. The second-order valence-corrected chi connectivity index (χ2v) is 4.23. The van der Waals surface area contributed by atoms with Crippen LogP contribution in [0.1, 0.15) is 11.4 Å². The van der Waals surface area contributed by atoms with Crippen LogP contribution in [0.2, 0.25) is 0 Å². The molecule has 0 spiro atoms. The van der Waals surface area contributed by atoms with E-state index in [4.69, 9.17) is 5.41 Å². The van der Waals surface area contributed by atoms with Crippen molar-refractivity contribution < 1.29 is 4.39 Å². The molecule has 0 saturated carbocycles. The summed E-state index contributed by atoms with van der Waals surface area (Å²) < 4.78 is 15.3. The molecule has 0 unspecified atom stereocenters. The summed E-state index contributed by atoms with van der Waals surface area (Å²) in [6, 6.07) is 4.66. The summed E-state index contributed by atoms with van der Waals surface area (Å²) in [7, 11) is 0. The lowest BCUT2D eigenvalue weighted by Crippen LogP contribution is -2.04. The molecule has 0 aliphatic carbocycles. The number of hydrogen-bond acceptors (Lipinski definition) is 4. The fourth-order valence-electron chi connectivity index (χ4n) is 1.47. The molecule has 0 radical (unpaired) electrons. The number of nitrogens with zero attached hydrogens (tertiary/aromatic N) is 3. The number of thioether (sulfide) groups is 1. The summed E-state index contributed by atoms with van der Waals surface area (Å²) in [6.07, 6.45) is 3.17. The Kier molecular flexibility index (Phi) is 3.23. The largest absolute Gasteiger partial charge is 0.293 e. The Morgan fingerprint density at radius 3 is 2.76 bits per heavy atom. The third kappa shape index (κ3) is 2.21. The SMILES string of the molecule is CSC(=N)c1ccc(-n2ncnc2C)c(F)c1. The topological polar surface area (TPSA) is 54.6 Å². The third-order valence-corrected chi connectivity index (χ3v) is 3.00. The van der Waals surface area contributed by atoms with Gasteiger partial charge in [-0.1, -0.05) is 0 Å². The smallest absolute Gasteiger partial charge is 0.149 e. The zero-order chi connectivity index (χ0) is 12.4. The molecule has 88 valence electrons. The lowest BCUT2D eigenvalue weighted by molar-refractivity contribution is 0.608. The van der Waals surface area contributed by atoms with Crippen LogP contribution >= 0.6 is 11.8 Å². The van der Waals surface area contributed by atoms with Crippen molar-refractivity contribution in [3.63, 3.8) is 0 Å². The Morgan fingerprint density at radius 2 is 2.24 bits per heavy atom. The fraction of sp³-hybridized carbons (Fsp3) is 0.182. The van der Waals surface area contributed by atoms with E-state index in [0.717, 1.165) is 0 Å². The van der Waals surface area contributed by atoms with Crippen LogP contribution in [0.4, 0.5) is 4.39 Å². The Bertz CT molecular complexity index is 564. The van der Waals surface area contributed by atoms with Crippen molar-refractivity contribution in [3.8, 4) is 5.69 Å². The van der Waals surface area contributed by atoms with Crippen molar-refractivity contribution in [2.75, 3.05) is 6.26 Å². The van der Waals surface area contributed by atoms with Crippen LogP contribution in [-0.4, -0.2) is 26.1 Å². The van der Waals surface area contributed by atoms with E-state index >= 15 is 0 Å². The highest BCUT2D eigenvalue weighted by atomic mass is 32.2. The molecular weight excluding hydrogens is 239 g/mol. The molecular formula is C11H11FN4S. The highest BCUT2D eigenvalue weighted by molar-refractivity contribution is 8.13. The number of halogens is 1. The minimum absolute atomic E-state index is 0.339. The third-order valence-electron chi connectivity index (χ3n) is 2.36. The van der Waals surface area contributed by atoms with Crippen molar-refractivity contribution >= 4 is 16.8 Å². The van der Waals surface area contributed by atoms with Gasteiger partial charge in [-0.15, -0.1) is 11.8 Å². The Labute approximate surface area is 102 Å². The molecule has 0 bridgehead atoms. The number of rotatable bonds is 2. The second-order valence-electron chi connectivity index (χ2n) is 3.42. The first kappa shape index (κ1) is 11.8. The predicted octanol–water partition coefficient (Wildman–Crippen LogP) is 2.40. The molecule has 2 aromatic rings. The second kappa shape index (κ2) is 4.67. The molecule has 0 saturated heterocycles. The van der Waals surface area contributed by atoms with Crippen LogP contribution < -0.4 is 0 Å². The van der Waals surface area contributed by atoms with Crippen molar-refractivity contribution in [2.45, 2.75) is 6.92 Å². The lowest BCUT2D eigenvalue weighted by atomic mass is 10.2. The molecule has 1 N–H and O–H groups in total. The minimum Gasteiger partial charge on any atom is -0.293 e. The molecule has 0 atom stereocenters. The van der Waals surface area contributed by atoms with E-state index in [1.54, 1.807) is 25.3 Å². The quantitative estimate of drug-likeness (QED) is 0.657. The molecule has 0 aliphatic heterocycles. The number of aryl methyl sites for hydroxylation is 1. The van der Waals surface area contributed by atoms with E-state index in [2.05, 4.69) is 10.1 Å². The number of benzene rings is 1. The maximum Gasteiger partial charge on any atom is 0.149 e. The van der Waals surface area contributed by atoms with Gasteiger partial charge in [-0.05, 0) is 31.4 Å². The summed E-state index contributed by atoms with van der Waals surface area (Å²) in [6.45, 7) is 1.75. The molecule has 4 nitrogen and oxygen atoms in total. The zero-order valence-electron chi connectivity index (χ0n) is 9.44. The van der Waals surface area contributed by atoms with E-state index in [1.165, 1.54) is 28.8 Å².